The third-order valence-electron chi connectivity index (χ3n) is 3.99. The Balaban J connectivity index is 2.01. The van der Waals surface area contributed by atoms with Crippen molar-refractivity contribution >= 4 is 23.8 Å². The number of hydrogen-bond donors (Lipinski definition) is 0. The first-order chi connectivity index (χ1) is 10.3. The van der Waals surface area contributed by atoms with E-state index < -0.39 is 0 Å². The molecule has 0 aromatic heterocycles. The lowest BCUT2D eigenvalue weighted by Crippen LogP contribution is -2.40. The number of nitriles is 2. The van der Waals surface area contributed by atoms with Crippen molar-refractivity contribution in [3.8, 4) is 12.1 Å². The normalized spacial score (nSPS) is 21.7. The fraction of sp³-hybridized carbons (Fsp3) is 0.571. The summed E-state index contributed by atoms with van der Waals surface area (Å²) in [5, 5.41) is 18.6. The molecule has 7 heteroatoms. The minimum atomic E-state index is 0.117. The first-order valence-electron chi connectivity index (χ1n) is 7.22. The number of allylic oxidation sites excluding steroid dienone is 1. The molecule has 0 unspecified atom stereocenters. The molecule has 3 rings (SSSR count). The SMILES string of the molecule is N#CC(C#N)=C1C(N2CCCC2)=NSN=C1N1CCCC1. The van der Waals surface area contributed by atoms with Crippen LogP contribution in [-0.4, -0.2) is 47.7 Å². The second kappa shape index (κ2) is 6.19. The maximum Gasteiger partial charge on any atom is 0.151 e. The lowest BCUT2D eigenvalue weighted by molar-refractivity contribution is 0.507. The highest BCUT2D eigenvalue weighted by atomic mass is 32.2. The van der Waals surface area contributed by atoms with E-state index in [9.17, 15) is 10.5 Å². The van der Waals surface area contributed by atoms with Gasteiger partial charge in [-0.3, -0.25) is 0 Å². The first-order valence-corrected chi connectivity index (χ1v) is 7.95. The smallest absolute Gasteiger partial charge is 0.151 e. The van der Waals surface area contributed by atoms with Gasteiger partial charge in [0, 0.05) is 26.2 Å². The van der Waals surface area contributed by atoms with Crippen LogP contribution in [0.25, 0.3) is 0 Å². The third kappa shape index (κ3) is 2.62. The summed E-state index contributed by atoms with van der Waals surface area (Å²) in [6.45, 7) is 3.72. The van der Waals surface area contributed by atoms with Gasteiger partial charge < -0.3 is 9.80 Å². The summed E-state index contributed by atoms with van der Waals surface area (Å²) in [5.41, 5.74) is 0.745. The van der Waals surface area contributed by atoms with E-state index in [0.717, 1.165) is 63.5 Å². The van der Waals surface area contributed by atoms with Crippen LogP contribution in [0.5, 0.6) is 0 Å². The highest BCUT2D eigenvalue weighted by Gasteiger charge is 2.32. The third-order valence-corrected chi connectivity index (χ3v) is 4.50. The molecule has 0 atom stereocenters. The topological polar surface area (TPSA) is 78.8 Å². The predicted molar refractivity (Wildman–Crippen MR) is 82.3 cm³/mol. The summed E-state index contributed by atoms with van der Waals surface area (Å²) in [4.78, 5) is 4.34. The second-order valence-electron chi connectivity index (χ2n) is 5.27. The van der Waals surface area contributed by atoms with Crippen molar-refractivity contribution in [2.75, 3.05) is 26.2 Å². The minimum absolute atomic E-state index is 0.117. The fourth-order valence-electron chi connectivity index (χ4n) is 2.94. The van der Waals surface area contributed by atoms with E-state index in [-0.39, 0.29) is 5.57 Å². The molecular formula is C14H16N6S. The largest absolute Gasteiger partial charge is 0.355 e. The average molecular weight is 300 g/mol. The van der Waals surface area contributed by atoms with Gasteiger partial charge in [-0.15, -0.1) is 0 Å². The zero-order valence-electron chi connectivity index (χ0n) is 11.7. The van der Waals surface area contributed by atoms with E-state index in [4.69, 9.17) is 0 Å². The monoisotopic (exact) mass is 300 g/mol. The summed E-state index contributed by atoms with van der Waals surface area (Å²) in [6, 6.07) is 4.05. The van der Waals surface area contributed by atoms with Crippen molar-refractivity contribution in [3.63, 3.8) is 0 Å². The van der Waals surface area contributed by atoms with Crippen LogP contribution in [0.2, 0.25) is 0 Å². The Morgan fingerprint density at radius 1 is 0.857 bits per heavy atom. The van der Waals surface area contributed by atoms with Crippen LogP contribution >= 0.6 is 12.1 Å². The molecular weight excluding hydrogens is 284 g/mol. The Morgan fingerprint density at radius 3 is 1.67 bits per heavy atom. The highest BCUT2D eigenvalue weighted by Crippen LogP contribution is 2.28. The number of hydrogen-bond acceptors (Lipinski definition) is 7. The molecule has 0 radical (unpaired) electrons. The first kappa shape index (κ1) is 14.0. The summed E-state index contributed by atoms with van der Waals surface area (Å²) in [7, 11) is 0. The molecule has 0 amide bonds. The van der Waals surface area contributed by atoms with Crippen molar-refractivity contribution in [1.82, 2.24) is 9.80 Å². The molecule has 0 bridgehead atoms. The quantitative estimate of drug-likeness (QED) is 0.504. The predicted octanol–water partition coefficient (Wildman–Crippen LogP) is 1.90. The van der Waals surface area contributed by atoms with Gasteiger partial charge in [0.25, 0.3) is 0 Å². The van der Waals surface area contributed by atoms with Gasteiger partial charge >= 0.3 is 0 Å². The van der Waals surface area contributed by atoms with Crippen LogP contribution in [0, 0.1) is 22.7 Å². The van der Waals surface area contributed by atoms with Gasteiger partial charge in [0.15, 0.2) is 11.7 Å². The van der Waals surface area contributed by atoms with Gasteiger partial charge in [0.2, 0.25) is 0 Å². The molecule has 3 aliphatic heterocycles. The molecule has 0 saturated carbocycles. The maximum atomic E-state index is 9.32. The van der Waals surface area contributed by atoms with Crippen LogP contribution in [-0.2, 0) is 0 Å². The summed E-state index contributed by atoms with van der Waals surface area (Å²) in [6.07, 6.45) is 4.51. The molecule has 0 N–H and O–H groups in total. The summed E-state index contributed by atoms with van der Waals surface area (Å²) >= 11 is 1.17. The van der Waals surface area contributed by atoms with E-state index in [1.807, 2.05) is 12.1 Å². The van der Waals surface area contributed by atoms with Gasteiger partial charge in [-0.05, 0) is 25.7 Å². The van der Waals surface area contributed by atoms with Gasteiger partial charge in [-0.25, -0.2) is 0 Å². The second-order valence-corrected chi connectivity index (χ2v) is 5.80. The highest BCUT2D eigenvalue weighted by molar-refractivity contribution is 7.97. The molecule has 2 fully saturated rings. The van der Waals surface area contributed by atoms with Gasteiger partial charge in [0.05, 0.1) is 5.57 Å². The number of likely N-dealkylation sites (tertiary alicyclic amines) is 2. The van der Waals surface area contributed by atoms with Crippen molar-refractivity contribution in [1.29, 1.82) is 10.5 Å². The van der Waals surface area contributed by atoms with E-state index in [2.05, 4.69) is 18.6 Å². The van der Waals surface area contributed by atoms with E-state index in [1.54, 1.807) is 0 Å². The fourth-order valence-corrected chi connectivity index (χ4v) is 3.55. The molecule has 108 valence electrons. The molecule has 3 heterocycles. The lowest BCUT2D eigenvalue weighted by atomic mass is 10.1. The van der Waals surface area contributed by atoms with Crippen molar-refractivity contribution < 1.29 is 0 Å². The Labute approximate surface area is 128 Å². The van der Waals surface area contributed by atoms with Gasteiger partial charge in [-0.1, -0.05) is 0 Å². The van der Waals surface area contributed by atoms with Crippen molar-refractivity contribution in [2.45, 2.75) is 25.7 Å². The Bertz CT molecular complexity index is 544. The standard InChI is InChI=1S/C14H16N6S/c15-9-11(10-16)12-13(19-5-1-2-6-19)17-21-18-14(12)20-7-3-4-8-20/h1-8H2. The number of rotatable bonds is 0. The molecule has 0 aromatic rings. The van der Waals surface area contributed by atoms with Gasteiger partial charge in [-0.2, -0.15) is 19.3 Å². The molecule has 21 heavy (non-hydrogen) atoms. The molecule has 3 aliphatic rings. The van der Waals surface area contributed by atoms with Crippen molar-refractivity contribution in [3.05, 3.63) is 11.1 Å². The van der Waals surface area contributed by atoms with Crippen molar-refractivity contribution in [2.24, 2.45) is 8.80 Å². The lowest BCUT2D eigenvalue weighted by Gasteiger charge is -2.29. The molecule has 2 saturated heterocycles. The summed E-state index contributed by atoms with van der Waals surface area (Å²) < 4.78 is 8.83. The molecule has 0 aromatic carbocycles. The average Bonchev–Trinajstić information content (AvgIpc) is 3.22. The van der Waals surface area contributed by atoms with Crippen LogP contribution < -0.4 is 0 Å². The maximum absolute atomic E-state index is 9.32. The zero-order chi connectivity index (χ0) is 14.7. The van der Waals surface area contributed by atoms with Crippen LogP contribution in [0.1, 0.15) is 25.7 Å². The zero-order valence-corrected chi connectivity index (χ0v) is 12.6. The minimum Gasteiger partial charge on any atom is -0.355 e. The molecule has 6 nitrogen and oxygen atoms in total. The number of nitrogens with zero attached hydrogens (tertiary/aromatic N) is 6. The molecule has 0 aliphatic carbocycles. The van der Waals surface area contributed by atoms with Gasteiger partial charge in [0.1, 0.15) is 29.8 Å². The van der Waals surface area contributed by atoms with Crippen LogP contribution in [0.4, 0.5) is 0 Å². The Morgan fingerprint density at radius 2 is 1.29 bits per heavy atom. The van der Waals surface area contributed by atoms with Crippen LogP contribution in [0.15, 0.2) is 19.9 Å². The molecule has 0 spiro atoms. The summed E-state index contributed by atoms with van der Waals surface area (Å²) in [5.74, 6) is 1.51. The van der Waals surface area contributed by atoms with E-state index >= 15 is 0 Å². The van der Waals surface area contributed by atoms with E-state index in [0.29, 0.717) is 5.57 Å². The van der Waals surface area contributed by atoms with E-state index in [1.165, 1.54) is 12.1 Å². The Hall–Kier alpha value is -1.99. The Kier molecular flexibility index (Phi) is 4.12. The number of amidine groups is 2. The van der Waals surface area contributed by atoms with Crippen LogP contribution in [0.3, 0.4) is 0 Å².